The number of aliphatic hydroxyl groups excluding tert-OH is 10. The van der Waals surface area contributed by atoms with Crippen LogP contribution in [0.5, 0.6) is 0 Å². The Morgan fingerprint density at radius 2 is 1.31 bits per heavy atom. The smallest absolute Gasteiger partial charge is 0.187 e. The maximum Gasteiger partial charge on any atom is 0.187 e. The minimum atomic E-state index is -1.86. The molecular formula is C44H72O18. The molecule has 0 aromatic carbocycles. The molecule has 0 amide bonds. The van der Waals surface area contributed by atoms with Gasteiger partial charge in [0.15, 0.2) is 24.7 Å². The van der Waals surface area contributed by atoms with Crippen molar-refractivity contribution < 1.29 is 89.0 Å². The van der Waals surface area contributed by atoms with Crippen molar-refractivity contribution in [2.45, 2.75) is 196 Å². The van der Waals surface area contributed by atoms with Crippen LogP contribution in [-0.2, 0) is 37.9 Å². The molecule has 0 bridgehead atoms. The van der Waals surface area contributed by atoms with Gasteiger partial charge in [0.1, 0.15) is 67.1 Å². The third kappa shape index (κ3) is 7.55. The summed E-state index contributed by atoms with van der Waals surface area (Å²) in [5.74, 6) is 2.67. The molecule has 9 rings (SSSR count). The fourth-order valence-corrected chi connectivity index (χ4v) is 14.5. The SMILES string of the molecule is C[C@@H]1CC[C@@]2(OC1)O[C@H]1C[C@H]3[C@@H]4CC[C@H]5C[C@@H](O[C@@H]6O[C@H](CO)[C@H](O[C@@H]7O[C@H](CO)[C@@H](O)[C@H](O[C@@H]8OC[C@@H](O)[C@H](O)[C@H]8O)[C@H]7O)[C@H](O)[C@H]6O)[C@H](O)C[C@]5(C)[C@H]4CC[C@]3(C)[C@H]1[C@@H]2C. The number of hydrogen-bond donors (Lipinski definition) is 10. The summed E-state index contributed by atoms with van der Waals surface area (Å²) in [5, 5.41) is 107. The molecule has 27 atom stereocenters. The standard InChI is InChI=1S/C44H72O18/c1-18-7-10-44(56-16-18)19(2)30-27(62-44)12-23-21-6-5-20-11-26(24(47)13-43(20,4)22(21)8-9-42(23,30)3)57-40-35(53)33(51)37(29(15-46)59-40)60-41-36(54)38(32(50)28(14-45)58-41)61-39-34(52)31(49)25(48)17-55-39/h18-41,45-54H,5-17H2,1-4H3/t18-,19+,20+,21-,22+,23+,24-,25-,26-,27+,28-,29-,30+,31+,32-,33-,34-,35-,36-,37+,38+,39+,40-,41+,42+,43+,44-/m1/s1. The first-order valence-electron chi connectivity index (χ1n) is 23.3. The summed E-state index contributed by atoms with van der Waals surface area (Å²) in [5.41, 5.74) is 0.0471. The van der Waals surface area contributed by atoms with Crippen LogP contribution in [0, 0.1) is 52.3 Å². The topological polar surface area (TPSA) is 276 Å². The summed E-state index contributed by atoms with van der Waals surface area (Å²) in [6, 6.07) is 0. The molecule has 0 radical (unpaired) electrons. The first kappa shape index (κ1) is 46.4. The Bertz CT molecular complexity index is 1550. The molecule has 9 fully saturated rings. The monoisotopic (exact) mass is 888 g/mol. The normalized spacial score (nSPS) is 58.9. The predicted octanol–water partition coefficient (Wildman–Crippen LogP) is -1.12. The average Bonchev–Trinajstić information content (AvgIpc) is 3.69. The van der Waals surface area contributed by atoms with Gasteiger partial charge in [0.2, 0.25) is 0 Å². The quantitative estimate of drug-likeness (QED) is 0.129. The molecule has 18 heteroatoms. The summed E-state index contributed by atoms with van der Waals surface area (Å²) >= 11 is 0. The molecule has 356 valence electrons. The highest BCUT2D eigenvalue weighted by Crippen LogP contribution is 2.71. The summed E-state index contributed by atoms with van der Waals surface area (Å²) in [4.78, 5) is 0. The van der Waals surface area contributed by atoms with Gasteiger partial charge < -0.3 is 89.0 Å². The zero-order valence-electron chi connectivity index (χ0n) is 36.3. The summed E-state index contributed by atoms with van der Waals surface area (Å²) in [6.45, 7) is 8.31. The zero-order valence-corrected chi connectivity index (χ0v) is 36.3. The van der Waals surface area contributed by atoms with E-state index in [9.17, 15) is 51.1 Å². The van der Waals surface area contributed by atoms with Crippen molar-refractivity contribution >= 4 is 0 Å². The predicted molar refractivity (Wildman–Crippen MR) is 211 cm³/mol. The Kier molecular flexibility index (Phi) is 13.0. The molecule has 62 heavy (non-hydrogen) atoms. The van der Waals surface area contributed by atoms with Gasteiger partial charge in [-0.1, -0.05) is 27.7 Å². The number of fused-ring (bicyclic) bond motifs is 7. The van der Waals surface area contributed by atoms with E-state index in [1.807, 2.05) is 0 Å². The lowest BCUT2D eigenvalue weighted by Crippen LogP contribution is -2.66. The molecule has 0 aromatic rings. The van der Waals surface area contributed by atoms with Crippen LogP contribution in [0.25, 0.3) is 0 Å². The van der Waals surface area contributed by atoms with Gasteiger partial charge in [-0.25, -0.2) is 0 Å². The average molecular weight is 889 g/mol. The van der Waals surface area contributed by atoms with Crippen molar-refractivity contribution in [1.29, 1.82) is 0 Å². The van der Waals surface area contributed by atoms with Gasteiger partial charge in [-0.15, -0.1) is 0 Å². The lowest BCUT2D eigenvalue weighted by Gasteiger charge is -2.62. The van der Waals surface area contributed by atoms with Crippen molar-refractivity contribution in [2.75, 3.05) is 26.4 Å². The lowest BCUT2D eigenvalue weighted by molar-refractivity contribution is -0.379. The van der Waals surface area contributed by atoms with E-state index in [-0.39, 0.29) is 22.9 Å². The second-order valence-electron chi connectivity index (χ2n) is 21.2. The van der Waals surface area contributed by atoms with Gasteiger partial charge in [-0.2, -0.15) is 0 Å². The Hall–Kier alpha value is -0.720. The van der Waals surface area contributed by atoms with Crippen LogP contribution >= 0.6 is 0 Å². The van der Waals surface area contributed by atoms with E-state index in [1.165, 1.54) is 0 Å². The van der Waals surface area contributed by atoms with Crippen LogP contribution in [0.2, 0.25) is 0 Å². The maximum atomic E-state index is 11.8. The molecule has 0 unspecified atom stereocenters. The molecule has 10 N–H and O–H groups in total. The molecular weight excluding hydrogens is 816 g/mol. The molecule has 0 aromatic heterocycles. The van der Waals surface area contributed by atoms with Gasteiger partial charge in [-0.3, -0.25) is 0 Å². The van der Waals surface area contributed by atoms with Crippen LogP contribution in [0.4, 0.5) is 0 Å². The molecule has 5 heterocycles. The first-order valence-corrected chi connectivity index (χ1v) is 23.3. The summed E-state index contributed by atoms with van der Waals surface area (Å²) < 4.78 is 48.2. The van der Waals surface area contributed by atoms with E-state index in [0.29, 0.717) is 48.3 Å². The second-order valence-corrected chi connectivity index (χ2v) is 21.2. The van der Waals surface area contributed by atoms with E-state index in [4.69, 9.17) is 37.9 Å². The third-order valence-corrected chi connectivity index (χ3v) is 17.9. The van der Waals surface area contributed by atoms with Crippen LogP contribution in [0.3, 0.4) is 0 Å². The minimum absolute atomic E-state index is 0.125. The number of ether oxygens (including phenoxy) is 8. The molecule has 5 saturated heterocycles. The minimum Gasteiger partial charge on any atom is -0.394 e. The second kappa shape index (κ2) is 17.4. The zero-order chi connectivity index (χ0) is 44.2. The first-order chi connectivity index (χ1) is 29.4. The number of rotatable bonds is 8. The molecule has 1 spiro atoms. The van der Waals surface area contributed by atoms with Crippen LogP contribution in [-0.4, -0.2) is 188 Å². The van der Waals surface area contributed by atoms with E-state index >= 15 is 0 Å². The Morgan fingerprint density at radius 3 is 2.02 bits per heavy atom. The number of hydrogen-bond acceptors (Lipinski definition) is 18. The molecule has 18 nitrogen and oxygen atoms in total. The highest BCUT2D eigenvalue weighted by molar-refractivity contribution is 5.16. The van der Waals surface area contributed by atoms with Crippen LogP contribution < -0.4 is 0 Å². The summed E-state index contributed by atoms with van der Waals surface area (Å²) in [7, 11) is 0. The fourth-order valence-electron chi connectivity index (χ4n) is 14.5. The van der Waals surface area contributed by atoms with Crippen LogP contribution in [0.1, 0.15) is 85.5 Å². The fraction of sp³-hybridized carbons (Fsp3) is 1.00. The molecule has 4 saturated carbocycles. The van der Waals surface area contributed by atoms with Gasteiger partial charge >= 0.3 is 0 Å². The van der Waals surface area contributed by atoms with E-state index in [2.05, 4.69) is 27.7 Å². The highest BCUT2D eigenvalue weighted by Gasteiger charge is 2.69. The number of aliphatic hydroxyl groups is 10. The van der Waals surface area contributed by atoms with Crippen molar-refractivity contribution in [2.24, 2.45) is 52.3 Å². The van der Waals surface area contributed by atoms with Crippen LogP contribution in [0.15, 0.2) is 0 Å². The van der Waals surface area contributed by atoms with Gasteiger partial charge in [0.05, 0.1) is 44.7 Å². The van der Waals surface area contributed by atoms with Crippen molar-refractivity contribution in [1.82, 2.24) is 0 Å². The Labute approximate surface area is 362 Å². The van der Waals surface area contributed by atoms with E-state index in [0.717, 1.165) is 51.6 Å². The Morgan fingerprint density at radius 1 is 0.613 bits per heavy atom. The third-order valence-electron chi connectivity index (χ3n) is 17.9. The Balaban J connectivity index is 0.830. The van der Waals surface area contributed by atoms with E-state index < -0.39 is 124 Å². The molecule has 5 aliphatic heterocycles. The molecule has 9 aliphatic rings. The van der Waals surface area contributed by atoms with Crippen molar-refractivity contribution in [3.63, 3.8) is 0 Å². The molecule has 4 aliphatic carbocycles. The van der Waals surface area contributed by atoms with Crippen molar-refractivity contribution in [3.8, 4) is 0 Å². The lowest BCUT2D eigenvalue weighted by atomic mass is 9.44. The van der Waals surface area contributed by atoms with Gasteiger partial charge in [-0.05, 0) is 97.7 Å². The van der Waals surface area contributed by atoms with Gasteiger partial charge in [0.25, 0.3) is 0 Å². The van der Waals surface area contributed by atoms with Gasteiger partial charge in [0, 0.05) is 12.3 Å². The largest absolute Gasteiger partial charge is 0.394 e. The van der Waals surface area contributed by atoms with Crippen molar-refractivity contribution in [3.05, 3.63) is 0 Å². The summed E-state index contributed by atoms with van der Waals surface area (Å²) in [6.07, 6.45) is -15.5. The van der Waals surface area contributed by atoms with E-state index in [1.54, 1.807) is 0 Å². The highest BCUT2D eigenvalue weighted by atomic mass is 16.8. The maximum absolute atomic E-state index is 11.8.